The molecule has 19 heavy (non-hydrogen) atoms. The number of rotatable bonds is 6. The molecule has 0 unspecified atom stereocenters. The number of hydrogen-bond acceptors (Lipinski definition) is 3. The zero-order valence-electron chi connectivity index (χ0n) is 12.4. The first-order valence-corrected chi connectivity index (χ1v) is 7.27. The average molecular weight is 269 g/mol. The van der Waals surface area contributed by atoms with Gasteiger partial charge in [0.2, 0.25) is 11.8 Å². The van der Waals surface area contributed by atoms with Gasteiger partial charge in [-0.2, -0.15) is 0 Å². The minimum Gasteiger partial charge on any atom is -0.353 e. The lowest BCUT2D eigenvalue weighted by atomic mass is 10.0. The summed E-state index contributed by atoms with van der Waals surface area (Å²) in [6.07, 6.45) is 3.25. The van der Waals surface area contributed by atoms with Crippen LogP contribution in [0.4, 0.5) is 0 Å². The maximum absolute atomic E-state index is 11.9. The van der Waals surface area contributed by atoms with Crippen LogP contribution in [0.5, 0.6) is 0 Å². The molecule has 5 heteroatoms. The van der Waals surface area contributed by atoms with Crippen LogP contribution in [-0.4, -0.2) is 49.4 Å². The van der Waals surface area contributed by atoms with Gasteiger partial charge in [-0.1, -0.05) is 13.8 Å². The number of carbonyl (C=O) groups is 2. The van der Waals surface area contributed by atoms with Gasteiger partial charge in [-0.15, -0.1) is 0 Å². The average Bonchev–Trinajstić information content (AvgIpc) is 2.39. The van der Waals surface area contributed by atoms with Crippen LogP contribution in [-0.2, 0) is 9.59 Å². The van der Waals surface area contributed by atoms with Crippen LogP contribution in [0, 0.1) is 5.92 Å². The summed E-state index contributed by atoms with van der Waals surface area (Å²) in [5, 5.41) is 6.09. The Morgan fingerprint density at radius 3 is 2.42 bits per heavy atom. The molecule has 0 aliphatic carbocycles. The SMILES string of the molecule is CNCCCC(=O)N1CCC(NC(=O)C(C)C)CC1. The molecule has 0 aromatic heterocycles. The third-order valence-corrected chi connectivity index (χ3v) is 3.54. The highest BCUT2D eigenvalue weighted by Crippen LogP contribution is 2.12. The van der Waals surface area contributed by atoms with Gasteiger partial charge < -0.3 is 15.5 Å². The summed E-state index contributed by atoms with van der Waals surface area (Å²) < 4.78 is 0. The number of nitrogens with zero attached hydrogens (tertiary/aromatic N) is 1. The summed E-state index contributed by atoms with van der Waals surface area (Å²) in [5.41, 5.74) is 0. The predicted octanol–water partition coefficient (Wildman–Crippen LogP) is 0.749. The quantitative estimate of drug-likeness (QED) is 0.700. The lowest BCUT2D eigenvalue weighted by Crippen LogP contribution is -2.47. The molecule has 1 rings (SSSR count). The van der Waals surface area contributed by atoms with Crippen LogP contribution in [0.15, 0.2) is 0 Å². The molecule has 2 N–H and O–H groups in total. The standard InChI is InChI=1S/C14H27N3O2/c1-11(2)14(19)16-12-6-9-17(10-7-12)13(18)5-4-8-15-3/h11-12,15H,4-10H2,1-3H3,(H,16,19). The predicted molar refractivity (Wildman–Crippen MR) is 75.7 cm³/mol. The summed E-state index contributed by atoms with van der Waals surface area (Å²) in [4.78, 5) is 25.4. The molecule has 0 bridgehead atoms. The molecular weight excluding hydrogens is 242 g/mol. The Morgan fingerprint density at radius 2 is 1.89 bits per heavy atom. The monoisotopic (exact) mass is 269 g/mol. The second kappa shape index (κ2) is 8.15. The molecule has 1 saturated heterocycles. The number of hydrogen-bond donors (Lipinski definition) is 2. The van der Waals surface area contributed by atoms with Gasteiger partial charge in [0, 0.05) is 31.5 Å². The first-order valence-electron chi connectivity index (χ1n) is 7.27. The Bertz CT molecular complexity index is 297. The van der Waals surface area contributed by atoms with Crippen LogP contribution in [0.25, 0.3) is 0 Å². The zero-order valence-corrected chi connectivity index (χ0v) is 12.4. The van der Waals surface area contributed by atoms with E-state index in [-0.39, 0.29) is 23.8 Å². The van der Waals surface area contributed by atoms with E-state index in [2.05, 4.69) is 10.6 Å². The van der Waals surface area contributed by atoms with Crippen LogP contribution >= 0.6 is 0 Å². The highest BCUT2D eigenvalue weighted by Gasteiger charge is 2.23. The number of nitrogens with one attached hydrogen (secondary N) is 2. The molecule has 5 nitrogen and oxygen atoms in total. The van der Waals surface area contributed by atoms with Gasteiger partial charge in [0.15, 0.2) is 0 Å². The lowest BCUT2D eigenvalue weighted by molar-refractivity contribution is -0.132. The lowest BCUT2D eigenvalue weighted by Gasteiger charge is -2.32. The van der Waals surface area contributed by atoms with Crippen molar-refractivity contribution in [1.82, 2.24) is 15.5 Å². The van der Waals surface area contributed by atoms with E-state index in [4.69, 9.17) is 0 Å². The van der Waals surface area contributed by atoms with Gasteiger partial charge in [-0.05, 0) is 32.9 Å². The molecule has 2 amide bonds. The van der Waals surface area contributed by atoms with E-state index in [1.54, 1.807) is 0 Å². The van der Waals surface area contributed by atoms with Crippen molar-refractivity contribution in [2.75, 3.05) is 26.7 Å². The Labute approximate surface area is 116 Å². The third kappa shape index (κ3) is 5.59. The van der Waals surface area contributed by atoms with Crippen molar-refractivity contribution < 1.29 is 9.59 Å². The van der Waals surface area contributed by atoms with Crippen molar-refractivity contribution in [3.8, 4) is 0 Å². The van der Waals surface area contributed by atoms with E-state index in [1.165, 1.54) is 0 Å². The Hall–Kier alpha value is -1.10. The van der Waals surface area contributed by atoms with E-state index >= 15 is 0 Å². The Kier molecular flexibility index (Phi) is 6.84. The molecule has 1 fully saturated rings. The van der Waals surface area contributed by atoms with Crippen molar-refractivity contribution in [3.05, 3.63) is 0 Å². The zero-order chi connectivity index (χ0) is 14.3. The Balaban J connectivity index is 2.24. The number of piperidine rings is 1. The van der Waals surface area contributed by atoms with Crippen molar-refractivity contribution in [2.24, 2.45) is 5.92 Å². The summed E-state index contributed by atoms with van der Waals surface area (Å²) in [6.45, 7) is 6.21. The first-order chi connectivity index (χ1) is 9.04. The number of amides is 2. The molecule has 1 heterocycles. The fraction of sp³-hybridized carbons (Fsp3) is 0.857. The molecule has 0 spiro atoms. The third-order valence-electron chi connectivity index (χ3n) is 3.54. The summed E-state index contributed by atoms with van der Waals surface area (Å²) in [5.74, 6) is 0.379. The Morgan fingerprint density at radius 1 is 1.26 bits per heavy atom. The van der Waals surface area contributed by atoms with Gasteiger partial charge >= 0.3 is 0 Å². The fourth-order valence-corrected chi connectivity index (χ4v) is 2.22. The fourth-order valence-electron chi connectivity index (χ4n) is 2.22. The minimum atomic E-state index is 0.0289. The van der Waals surface area contributed by atoms with Crippen molar-refractivity contribution in [3.63, 3.8) is 0 Å². The minimum absolute atomic E-state index is 0.0289. The molecule has 0 aromatic carbocycles. The topological polar surface area (TPSA) is 61.4 Å². The molecule has 0 radical (unpaired) electrons. The molecule has 110 valence electrons. The second-order valence-electron chi connectivity index (χ2n) is 5.53. The summed E-state index contributed by atoms with van der Waals surface area (Å²) in [7, 11) is 1.90. The summed E-state index contributed by atoms with van der Waals surface area (Å²) >= 11 is 0. The van der Waals surface area contributed by atoms with Gasteiger partial charge in [-0.3, -0.25) is 9.59 Å². The van der Waals surface area contributed by atoms with Crippen molar-refractivity contribution >= 4 is 11.8 Å². The van der Waals surface area contributed by atoms with Gasteiger partial charge in [0.1, 0.15) is 0 Å². The second-order valence-corrected chi connectivity index (χ2v) is 5.53. The molecule has 1 aliphatic rings. The normalized spacial score (nSPS) is 16.7. The van der Waals surface area contributed by atoms with Crippen LogP contribution < -0.4 is 10.6 Å². The van der Waals surface area contributed by atoms with Gasteiger partial charge in [0.05, 0.1) is 0 Å². The molecule has 0 aromatic rings. The van der Waals surface area contributed by atoms with E-state index in [1.807, 2.05) is 25.8 Å². The maximum Gasteiger partial charge on any atom is 0.222 e. The largest absolute Gasteiger partial charge is 0.353 e. The molecular formula is C14H27N3O2. The van der Waals surface area contributed by atoms with Crippen molar-refractivity contribution in [1.29, 1.82) is 0 Å². The highest BCUT2D eigenvalue weighted by molar-refractivity contribution is 5.78. The molecule has 1 aliphatic heterocycles. The molecule has 0 atom stereocenters. The van der Waals surface area contributed by atoms with E-state index in [9.17, 15) is 9.59 Å². The molecule has 0 saturated carbocycles. The van der Waals surface area contributed by atoms with Crippen molar-refractivity contribution in [2.45, 2.75) is 45.6 Å². The van der Waals surface area contributed by atoms with Gasteiger partial charge in [0.25, 0.3) is 0 Å². The van der Waals surface area contributed by atoms with Crippen LogP contribution in [0.3, 0.4) is 0 Å². The maximum atomic E-state index is 11.9. The first kappa shape index (κ1) is 16.0. The van der Waals surface area contributed by atoms with E-state index < -0.39 is 0 Å². The number of likely N-dealkylation sites (tertiary alicyclic amines) is 1. The highest BCUT2D eigenvalue weighted by atomic mass is 16.2. The summed E-state index contributed by atoms with van der Waals surface area (Å²) in [6, 6.07) is 0.233. The number of carbonyl (C=O) groups excluding carboxylic acids is 2. The van der Waals surface area contributed by atoms with E-state index in [0.29, 0.717) is 6.42 Å². The van der Waals surface area contributed by atoms with E-state index in [0.717, 1.165) is 38.9 Å². The van der Waals surface area contributed by atoms with Gasteiger partial charge in [-0.25, -0.2) is 0 Å². The van der Waals surface area contributed by atoms with Crippen LogP contribution in [0.2, 0.25) is 0 Å². The van der Waals surface area contributed by atoms with Crippen LogP contribution in [0.1, 0.15) is 39.5 Å². The smallest absolute Gasteiger partial charge is 0.222 e.